The fourth-order valence-electron chi connectivity index (χ4n) is 2.40. The average Bonchev–Trinajstić information content (AvgIpc) is 3.19. The molecule has 2 aromatic heterocycles. The van der Waals surface area contributed by atoms with Gasteiger partial charge >= 0.3 is 0 Å². The van der Waals surface area contributed by atoms with Gasteiger partial charge in [0, 0.05) is 31.4 Å². The van der Waals surface area contributed by atoms with Crippen LogP contribution < -0.4 is 5.32 Å². The number of rotatable bonds is 4. The molecule has 2 N–H and O–H groups in total. The van der Waals surface area contributed by atoms with Gasteiger partial charge in [0.1, 0.15) is 17.7 Å². The van der Waals surface area contributed by atoms with Gasteiger partial charge in [-0.05, 0) is 18.6 Å². The highest BCUT2D eigenvalue weighted by Crippen LogP contribution is 2.18. The quantitative estimate of drug-likeness (QED) is 0.643. The van der Waals surface area contributed by atoms with Gasteiger partial charge in [0.2, 0.25) is 0 Å². The van der Waals surface area contributed by atoms with Crippen LogP contribution in [0.2, 0.25) is 0 Å². The Hall–Kier alpha value is -2.97. The first-order valence-corrected chi connectivity index (χ1v) is 6.79. The third-order valence-electron chi connectivity index (χ3n) is 3.52. The largest absolute Gasteiger partial charge is 0.365 e. The zero-order valence-corrected chi connectivity index (χ0v) is 11.6. The summed E-state index contributed by atoms with van der Waals surface area (Å²) in [7, 11) is 0. The lowest BCUT2D eigenvalue weighted by Gasteiger charge is -2.16. The molecule has 1 aliphatic heterocycles. The lowest BCUT2D eigenvalue weighted by molar-refractivity contribution is -0.385. The highest BCUT2D eigenvalue weighted by molar-refractivity contribution is 5.92. The summed E-state index contributed by atoms with van der Waals surface area (Å²) in [5, 5.41) is 20.2. The molecule has 0 bridgehead atoms. The molecule has 9 nitrogen and oxygen atoms in total. The molecule has 1 unspecified atom stereocenters. The molecule has 0 saturated carbocycles. The fourth-order valence-corrected chi connectivity index (χ4v) is 2.40. The van der Waals surface area contributed by atoms with Crippen LogP contribution in [0, 0.1) is 10.1 Å². The Balaban J connectivity index is 1.59. The van der Waals surface area contributed by atoms with Crippen LogP contribution in [0.3, 0.4) is 0 Å². The van der Waals surface area contributed by atoms with Crippen LogP contribution in [0.5, 0.6) is 0 Å². The molecule has 1 saturated heterocycles. The number of hydrogen-bond donors (Lipinski definition) is 2. The second kappa shape index (κ2) is 5.80. The molecule has 3 heterocycles. The van der Waals surface area contributed by atoms with Gasteiger partial charge in [-0.25, -0.2) is 4.98 Å². The Morgan fingerprint density at radius 1 is 1.45 bits per heavy atom. The summed E-state index contributed by atoms with van der Waals surface area (Å²) in [6.45, 7) is 1.19. The van der Waals surface area contributed by atoms with Crippen molar-refractivity contribution in [3.63, 3.8) is 0 Å². The molecule has 1 atom stereocenters. The van der Waals surface area contributed by atoms with E-state index in [1.807, 2.05) is 0 Å². The van der Waals surface area contributed by atoms with Crippen molar-refractivity contribution in [1.29, 1.82) is 0 Å². The number of aromatic nitrogens is 3. The van der Waals surface area contributed by atoms with Crippen LogP contribution in [0.25, 0.3) is 0 Å². The molecule has 0 spiro atoms. The normalized spacial score (nSPS) is 17.5. The SMILES string of the molecule is O=C(c1ccn[nH]1)N1CCC(Nc2ccc([N+](=O)[O-])cn2)C1. The Bertz CT molecular complexity index is 670. The first-order valence-electron chi connectivity index (χ1n) is 6.79. The molecule has 1 fully saturated rings. The molecule has 1 amide bonds. The van der Waals surface area contributed by atoms with Gasteiger partial charge < -0.3 is 10.2 Å². The van der Waals surface area contributed by atoms with Crippen molar-refractivity contribution < 1.29 is 9.72 Å². The van der Waals surface area contributed by atoms with Gasteiger partial charge in [0.15, 0.2) is 0 Å². The molecule has 0 aliphatic carbocycles. The van der Waals surface area contributed by atoms with E-state index in [9.17, 15) is 14.9 Å². The molecule has 0 radical (unpaired) electrons. The Morgan fingerprint density at radius 2 is 2.32 bits per heavy atom. The van der Waals surface area contributed by atoms with Crippen LogP contribution in [0.1, 0.15) is 16.9 Å². The zero-order valence-electron chi connectivity index (χ0n) is 11.6. The molecule has 0 aromatic carbocycles. The number of likely N-dealkylation sites (tertiary alicyclic amines) is 1. The maximum atomic E-state index is 12.2. The van der Waals surface area contributed by atoms with Crippen molar-refractivity contribution in [3.05, 3.63) is 46.4 Å². The molecular weight excluding hydrogens is 288 g/mol. The van der Waals surface area contributed by atoms with E-state index in [2.05, 4.69) is 20.5 Å². The van der Waals surface area contributed by atoms with E-state index < -0.39 is 4.92 Å². The number of anilines is 1. The molecule has 3 rings (SSSR count). The maximum absolute atomic E-state index is 12.2. The first-order chi connectivity index (χ1) is 10.6. The summed E-state index contributed by atoms with van der Waals surface area (Å²) in [6, 6.07) is 4.68. The molecule has 114 valence electrons. The summed E-state index contributed by atoms with van der Waals surface area (Å²) >= 11 is 0. The second-order valence-corrected chi connectivity index (χ2v) is 5.01. The maximum Gasteiger partial charge on any atom is 0.287 e. The fraction of sp³-hybridized carbons (Fsp3) is 0.308. The van der Waals surface area contributed by atoms with Crippen LogP contribution in [0.15, 0.2) is 30.6 Å². The van der Waals surface area contributed by atoms with E-state index in [-0.39, 0.29) is 17.6 Å². The van der Waals surface area contributed by atoms with E-state index in [0.29, 0.717) is 24.6 Å². The van der Waals surface area contributed by atoms with E-state index in [0.717, 1.165) is 6.42 Å². The van der Waals surface area contributed by atoms with Crippen molar-refractivity contribution >= 4 is 17.4 Å². The van der Waals surface area contributed by atoms with Crippen LogP contribution in [-0.4, -0.2) is 50.0 Å². The predicted octanol–water partition coefficient (Wildman–Crippen LogP) is 1.04. The third kappa shape index (κ3) is 2.87. The highest BCUT2D eigenvalue weighted by Gasteiger charge is 2.27. The summed E-state index contributed by atoms with van der Waals surface area (Å²) in [4.78, 5) is 28.0. The summed E-state index contributed by atoms with van der Waals surface area (Å²) in [5.41, 5.74) is 0.419. The number of carbonyl (C=O) groups is 1. The molecule has 22 heavy (non-hydrogen) atoms. The van der Waals surface area contributed by atoms with Gasteiger partial charge in [-0.3, -0.25) is 20.0 Å². The van der Waals surface area contributed by atoms with Crippen molar-refractivity contribution in [2.45, 2.75) is 12.5 Å². The predicted molar refractivity (Wildman–Crippen MR) is 77.4 cm³/mol. The average molecular weight is 302 g/mol. The Labute approximate surface area is 125 Å². The Morgan fingerprint density at radius 3 is 2.95 bits per heavy atom. The van der Waals surface area contributed by atoms with Crippen molar-refractivity contribution in [2.24, 2.45) is 0 Å². The molecule has 2 aromatic rings. The third-order valence-corrected chi connectivity index (χ3v) is 3.52. The van der Waals surface area contributed by atoms with Gasteiger partial charge in [-0.15, -0.1) is 0 Å². The number of carbonyl (C=O) groups excluding carboxylic acids is 1. The smallest absolute Gasteiger partial charge is 0.287 e. The zero-order chi connectivity index (χ0) is 15.5. The Kier molecular flexibility index (Phi) is 3.69. The van der Waals surface area contributed by atoms with E-state index >= 15 is 0 Å². The molecule has 9 heteroatoms. The minimum absolute atomic E-state index is 0.0481. The standard InChI is InChI=1S/C13H14N6O3/c20-13(11-3-5-15-17-11)18-6-4-9(8-18)16-12-2-1-10(7-14-12)19(21)22/h1-3,5,7,9H,4,6,8H2,(H,14,16)(H,15,17). The van der Waals surface area contributed by atoms with Crippen molar-refractivity contribution in [3.8, 4) is 0 Å². The summed E-state index contributed by atoms with van der Waals surface area (Å²) < 4.78 is 0. The monoisotopic (exact) mass is 302 g/mol. The van der Waals surface area contributed by atoms with E-state index in [1.54, 1.807) is 23.2 Å². The summed E-state index contributed by atoms with van der Waals surface area (Å²) in [5.74, 6) is 0.477. The number of hydrogen-bond acceptors (Lipinski definition) is 6. The van der Waals surface area contributed by atoms with Gasteiger partial charge in [-0.2, -0.15) is 5.10 Å². The number of nitrogens with zero attached hydrogens (tertiary/aromatic N) is 4. The molecule has 1 aliphatic rings. The van der Waals surface area contributed by atoms with Crippen LogP contribution >= 0.6 is 0 Å². The number of pyridine rings is 1. The number of nitrogens with one attached hydrogen (secondary N) is 2. The molecular formula is C13H14N6O3. The number of nitro groups is 1. The number of H-pyrrole nitrogens is 1. The number of amides is 1. The van der Waals surface area contributed by atoms with E-state index in [1.165, 1.54) is 12.3 Å². The van der Waals surface area contributed by atoms with Gasteiger partial charge in [0.25, 0.3) is 11.6 Å². The lowest BCUT2D eigenvalue weighted by atomic mass is 10.2. The minimum atomic E-state index is -0.489. The summed E-state index contributed by atoms with van der Waals surface area (Å²) in [6.07, 6.45) is 3.54. The van der Waals surface area contributed by atoms with E-state index in [4.69, 9.17) is 0 Å². The van der Waals surface area contributed by atoms with Crippen LogP contribution in [0.4, 0.5) is 11.5 Å². The van der Waals surface area contributed by atoms with Crippen molar-refractivity contribution in [1.82, 2.24) is 20.1 Å². The number of aromatic amines is 1. The van der Waals surface area contributed by atoms with Crippen molar-refractivity contribution in [2.75, 3.05) is 18.4 Å². The lowest BCUT2D eigenvalue weighted by Crippen LogP contribution is -2.31. The van der Waals surface area contributed by atoms with Crippen LogP contribution in [-0.2, 0) is 0 Å². The first kappa shape index (κ1) is 14.0. The van der Waals surface area contributed by atoms with Gasteiger partial charge in [-0.1, -0.05) is 0 Å². The minimum Gasteiger partial charge on any atom is -0.365 e. The second-order valence-electron chi connectivity index (χ2n) is 5.01. The topological polar surface area (TPSA) is 117 Å². The highest BCUT2D eigenvalue weighted by atomic mass is 16.6. The van der Waals surface area contributed by atoms with Gasteiger partial charge in [0.05, 0.1) is 4.92 Å².